The van der Waals surface area contributed by atoms with Gasteiger partial charge in [0.25, 0.3) is 5.91 Å². The van der Waals surface area contributed by atoms with Crippen LogP contribution in [-0.4, -0.2) is 22.6 Å². The van der Waals surface area contributed by atoms with E-state index in [2.05, 4.69) is 10.3 Å². The zero-order valence-electron chi connectivity index (χ0n) is 7.24. The van der Waals surface area contributed by atoms with Crippen LogP contribution in [0.4, 0.5) is 0 Å². The Morgan fingerprint density at radius 3 is 3.15 bits per heavy atom. The van der Waals surface area contributed by atoms with Gasteiger partial charge in [0.15, 0.2) is 0 Å². The summed E-state index contributed by atoms with van der Waals surface area (Å²) in [6, 6.07) is 3.42. The molecule has 2 rings (SSSR count). The predicted molar refractivity (Wildman–Crippen MR) is 46.1 cm³/mol. The molecule has 13 heavy (non-hydrogen) atoms. The van der Waals surface area contributed by atoms with Gasteiger partial charge in [-0.15, -0.1) is 0 Å². The number of amides is 1. The number of carbonyl (C=O) groups excluding carboxylic acids is 1. The number of pyridine rings is 1. The SMILES string of the molecule is CC1(CO)NC(=O)c2cccnc21. The number of hydrogen-bond donors (Lipinski definition) is 2. The Kier molecular flexibility index (Phi) is 1.60. The van der Waals surface area contributed by atoms with Crippen LogP contribution in [0.15, 0.2) is 18.3 Å². The minimum Gasteiger partial charge on any atom is -0.394 e. The normalized spacial score (nSPS) is 25.5. The molecule has 0 radical (unpaired) electrons. The first-order valence-corrected chi connectivity index (χ1v) is 4.06. The van der Waals surface area contributed by atoms with Gasteiger partial charge < -0.3 is 10.4 Å². The molecular weight excluding hydrogens is 168 g/mol. The van der Waals surface area contributed by atoms with E-state index < -0.39 is 5.54 Å². The summed E-state index contributed by atoms with van der Waals surface area (Å²) >= 11 is 0. The second-order valence-electron chi connectivity index (χ2n) is 3.34. The summed E-state index contributed by atoms with van der Waals surface area (Å²) in [7, 11) is 0. The standard InChI is InChI=1S/C9H10N2O2/c1-9(5-12)7-6(8(13)11-9)3-2-4-10-7/h2-4,12H,5H2,1H3,(H,11,13). The van der Waals surface area contributed by atoms with Crippen LogP contribution in [0, 0.1) is 0 Å². The Bertz CT molecular complexity index is 364. The van der Waals surface area contributed by atoms with Crippen LogP contribution in [0.1, 0.15) is 23.0 Å². The monoisotopic (exact) mass is 178 g/mol. The average molecular weight is 178 g/mol. The maximum absolute atomic E-state index is 11.4. The van der Waals surface area contributed by atoms with Crippen molar-refractivity contribution in [2.45, 2.75) is 12.5 Å². The molecule has 0 aliphatic carbocycles. The molecule has 1 unspecified atom stereocenters. The van der Waals surface area contributed by atoms with Gasteiger partial charge in [-0.25, -0.2) is 0 Å². The molecule has 1 amide bonds. The zero-order chi connectivity index (χ0) is 9.47. The molecule has 1 aliphatic rings. The summed E-state index contributed by atoms with van der Waals surface area (Å²) < 4.78 is 0. The van der Waals surface area contributed by atoms with E-state index in [0.717, 1.165) is 0 Å². The summed E-state index contributed by atoms with van der Waals surface area (Å²) in [6.45, 7) is 1.62. The Labute approximate surface area is 75.6 Å². The number of aromatic nitrogens is 1. The van der Waals surface area contributed by atoms with Crippen LogP contribution < -0.4 is 5.32 Å². The number of nitrogens with zero attached hydrogens (tertiary/aromatic N) is 1. The number of nitrogens with one attached hydrogen (secondary N) is 1. The highest BCUT2D eigenvalue weighted by Gasteiger charge is 2.39. The summed E-state index contributed by atoms with van der Waals surface area (Å²) in [6.07, 6.45) is 1.62. The second kappa shape index (κ2) is 2.53. The molecule has 0 saturated heterocycles. The number of aliphatic hydroxyl groups is 1. The summed E-state index contributed by atoms with van der Waals surface area (Å²) in [5, 5.41) is 11.8. The molecule has 1 aromatic rings. The number of carbonyl (C=O) groups is 1. The van der Waals surface area contributed by atoms with Gasteiger partial charge in [-0.3, -0.25) is 9.78 Å². The lowest BCUT2D eigenvalue weighted by molar-refractivity contribution is 0.0895. The molecule has 0 aromatic carbocycles. The maximum Gasteiger partial charge on any atom is 0.254 e. The van der Waals surface area contributed by atoms with E-state index >= 15 is 0 Å². The highest BCUT2D eigenvalue weighted by molar-refractivity contribution is 5.99. The molecule has 0 saturated carbocycles. The Morgan fingerprint density at radius 1 is 1.69 bits per heavy atom. The van der Waals surface area contributed by atoms with Crippen molar-refractivity contribution in [3.8, 4) is 0 Å². The fraction of sp³-hybridized carbons (Fsp3) is 0.333. The van der Waals surface area contributed by atoms with E-state index in [9.17, 15) is 4.79 Å². The van der Waals surface area contributed by atoms with Gasteiger partial charge in [0.05, 0.1) is 17.9 Å². The van der Waals surface area contributed by atoms with Crippen molar-refractivity contribution in [3.63, 3.8) is 0 Å². The van der Waals surface area contributed by atoms with Crippen LogP contribution >= 0.6 is 0 Å². The van der Waals surface area contributed by atoms with Gasteiger partial charge in [0, 0.05) is 6.20 Å². The minimum atomic E-state index is -0.715. The average Bonchev–Trinajstić information content (AvgIpc) is 2.42. The van der Waals surface area contributed by atoms with Crippen LogP contribution in [-0.2, 0) is 5.54 Å². The smallest absolute Gasteiger partial charge is 0.254 e. The Hall–Kier alpha value is -1.42. The zero-order valence-corrected chi connectivity index (χ0v) is 7.24. The van der Waals surface area contributed by atoms with Crippen molar-refractivity contribution in [1.82, 2.24) is 10.3 Å². The number of fused-ring (bicyclic) bond motifs is 1. The molecule has 0 fully saturated rings. The maximum atomic E-state index is 11.4. The first kappa shape index (κ1) is 8.19. The van der Waals surface area contributed by atoms with Crippen molar-refractivity contribution in [3.05, 3.63) is 29.6 Å². The fourth-order valence-corrected chi connectivity index (χ4v) is 1.52. The lowest BCUT2D eigenvalue weighted by Crippen LogP contribution is -2.40. The highest BCUT2D eigenvalue weighted by Crippen LogP contribution is 2.27. The molecule has 1 aromatic heterocycles. The van der Waals surface area contributed by atoms with E-state index in [-0.39, 0.29) is 12.5 Å². The van der Waals surface area contributed by atoms with Crippen molar-refractivity contribution in [2.24, 2.45) is 0 Å². The summed E-state index contributed by atoms with van der Waals surface area (Å²) in [4.78, 5) is 15.5. The Balaban J connectivity index is 2.59. The van der Waals surface area contributed by atoms with Gasteiger partial charge in [-0.2, -0.15) is 0 Å². The van der Waals surface area contributed by atoms with Crippen molar-refractivity contribution < 1.29 is 9.90 Å². The van der Waals surface area contributed by atoms with Crippen LogP contribution in [0.2, 0.25) is 0 Å². The first-order valence-electron chi connectivity index (χ1n) is 4.06. The highest BCUT2D eigenvalue weighted by atomic mass is 16.3. The first-order chi connectivity index (χ1) is 6.17. The van der Waals surface area contributed by atoms with Crippen LogP contribution in [0.25, 0.3) is 0 Å². The van der Waals surface area contributed by atoms with E-state index in [1.165, 1.54) is 0 Å². The molecule has 0 spiro atoms. The van der Waals surface area contributed by atoms with Crippen molar-refractivity contribution in [2.75, 3.05) is 6.61 Å². The van der Waals surface area contributed by atoms with Crippen LogP contribution in [0.5, 0.6) is 0 Å². The molecular formula is C9H10N2O2. The molecule has 2 N–H and O–H groups in total. The quantitative estimate of drug-likeness (QED) is 0.638. The van der Waals surface area contributed by atoms with Gasteiger partial charge in [0.1, 0.15) is 5.54 Å². The van der Waals surface area contributed by atoms with Gasteiger partial charge in [-0.1, -0.05) is 0 Å². The number of rotatable bonds is 1. The molecule has 4 nitrogen and oxygen atoms in total. The molecule has 1 atom stereocenters. The second-order valence-corrected chi connectivity index (χ2v) is 3.34. The largest absolute Gasteiger partial charge is 0.394 e. The molecule has 68 valence electrons. The lowest BCUT2D eigenvalue weighted by Gasteiger charge is -2.20. The number of aliphatic hydroxyl groups excluding tert-OH is 1. The lowest BCUT2D eigenvalue weighted by atomic mass is 9.99. The van der Waals surface area contributed by atoms with Crippen molar-refractivity contribution >= 4 is 5.91 Å². The molecule has 1 aliphatic heterocycles. The molecule has 0 bridgehead atoms. The van der Waals surface area contributed by atoms with Gasteiger partial charge >= 0.3 is 0 Å². The topological polar surface area (TPSA) is 62.2 Å². The molecule has 4 heteroatoms. The third-order valence-electron chi connectivity index (χ3n) is 2.28. The van der Waals surface area contributed by atoms with E-state index in [1.807, 2.05) is 0 Å². The molecule has 2 heterocycles. The predicted octanol–water partition coefficient (Wildman–Crippen LogP) is 0.0325. The van der Waals surface area contributed by atoms with Gasteiger partial charge in [0.2, 0.25) is 0 Å². The summed E-state index contributed by atoms with van der Waals surface area (Å²) in [5.41, 5.74) is 0.467. The minimum absolute atomic E-state index is 0.136. The third-order valence-corrected chi connectivity index (χ3v) is 2.28. The van der Waals surface area contributed by atoms with E-state index in [4.69, 9.17) is 5.11 Å². The Morgan fingerprint density at radius 2 is 2.46 bits per heavy atom. The third kappa shape index (κ3) is 1.02. The van der Waals surface area contributed by atoms with Crippen molar-refractivity contribution in [1.29, 1.82) is 0 Å². The number of hydrogen-bond acceptors (Lipinski definition) is 3. The fourth-order valence-electron chi connectivity index (χ4n) is 1.52. The summed E-state index contributed by atoms with van der Waals surface area (Å²) in [5.74, 6) is -0.167. The van der Waals surface area contributed by atoms with E-state index in [1.54, 1.807) is 25.3 Å². The van der Waals surface area contributed by atoms with E-state index in [0.29, 0.717) is 11.3 Å². The van der Waals surface area contributed by atoms with Crippen LogP contribution in [0.3, 0.4) is 0 Å². The van der Waals surface area contributed by atoms with Gasteiger partial charge in [-0.05, 0) is 19.1 Å².